The summed E-state index contributed by atoms with van der Waals surface area (Å²) >= 11 is 0. The van der Waals surface area contributed by atoms with E-state index in [1.54, 1.807) is 6.07 Å². The second-order valence-corrected chi connectivity index (χ2v) is 3.42. The number of benzene rings is 1. The lowest BCUT2D eigenvalue weighted by Gasteiger charge is -2.23. The van der Waals surface area contributed by atoms with Gasteiger partial charge in [0.1, 0.15) is 0 Å². The number of hydrogen-bond donors (Lipinski definition) is 2. The molecule has 0 fully saturated rings. The van der Waals surface area contributed by atoms with Crippen LogP contribution in [0.3, 0.4) is 0 Å². The van der Waals surface area contributed by atoms with Crippen LogP contribution in [0.5, 0.6) is 5.75 Å². The molecule has 1 aromatic carbocycles. The Morgan fingerprint density at radius 1 is 1.53 bits per heavy atom. The number of nitrogens with two attached hydrogens (primary N) is 2. The third-order valence-electron chi connectivity index (χ3n) is 2.47. The van der Waals surface area contributed by atoms with Crippen molar-refractivity contribution in [3.05, 3.63) is 27.8 Å². The van der Waals surface area contributed by atoms with Gasteiger partial charge < -0.3 is 16.2 Å². The summed E-state index contributed by atoms with van der Waals surface area (Å²) in [5, 5.41) is 10.6. The SMILES string of the molecule is Nc1c([N+](=O)[O-])ccc2c1OCC[C@@H]2N. The van der Waals surface area contributed by atoms with Crippen LogP contribution >= 0.6 is 0 Å². The van der Waals surface area contributed by atoms with E-state index in [9.17, 15) is 10.1 Å². The molecule has 1 aliphatic rings. The van der Waals surface area contributed by atoms with Crippen molar-refractivity contribution >= 4 is 11.4 Å². The molecule has 0 unspecified atom stereocenters. The molecular formula is C9H11N3O3. The quantitative estimate of drug-likeness (QED) is 0.407. The van der Waals surface area contributed by atoms with E-state index < -0.39 is 4.92 Å². The zero-order chi connectivity index (χ0) is 11.0. The fraction of sp³-hybridized carbons (Fsp3) is 0.333. The minimum absolute atomic E-state index is 0.0626. The van der Waals surface area contributed by atoms with Gasteiger partial charge in [-0.25, -0.2) is 0 Å². The molecule has 1 aromatic rings. The highest BCUT2D eigenvalue weighted by Gasteiger charge is 2.25. The van der Waals surface area contributed by atoms with Gasteiger partial charge in [0.25, 0.3) is 5.69 Å². The van der Waals surface area contributed by atoms with Gasteiger partial charge >= 0.3 is 0 Å². The zero-order valence-corrected chi connectivity index (χ0v) is 7.97. The summed E-state index contributed by atoms with van der Waals surface area (Å²) < 4.78 is 5.31. The number of rotatable bonds is 1. The number of nitro groups is 1. The summed E-state index contributed by atoms with van der Waals surface area (Å²) in [5.41, 5.74) is 12.1. The first-order valence-corrected chi connectivity index (χ1v) is 4.56. The maximum Gasteiger partial charge on any atom is 0.295 e. The van der Waals surface area contributed by atoms with Gasteiger partial charge in [0, 0.05) is 24.1 Å². The Kier molecular flexibility index (Phi) is 2.20. The zero-order valence-electron chi connectivity index (χ0n) is 7.97. The first-order valence-electron chi connectivity index (χ1n) is 4.56. The molecule has 2 rings (SSSR count). The molecule has 80 valence electrons. The number of anilines is 1. The Balaban J connectivity index is 2.57. The van der Waals surface area contributed by atoms with Crippen LogP contribution in [-0.2, 0) is 0 Å². The van der Waals surface area contributed by atoms with E-state index in [0.29, 0.717) is 18.8 Å². The van der Waals surface area contributed by atoms with Gasteiger partial charge in [-0.15, -0.1) is 0 Å². The van der Waals surface area contributed by atoms with E-state index in [1.807, 2.05) is 0 Å². The van der Waals surface area contributed by atoms with E-state index in [1.165, 1.54) is 6.07 Å². The van der Waals surface area contributed by atoms with Gasteiger partial charge in [0.05, 0.1) is 11.5 Å². The Hall–Kier alpha value is -1.82. The number of fused-ring (bicyclic) bond motifs is 1. The fourth-order valence-corrected chi connectivity index (χ4v) is 1.66. The maximum absolute atomic E-state index is 10.6. The second-order valence-electron chi connectivity index (χ2n) is 3.42. The molecule has 0 aromatic heterocycles. The Morgan fingerprint density at radius 2 is 2.27 bits per heavy atom. The molecule has 1 aliphatic heterocycles. The van der Waals surface area contributed by atoms with E-state index in [4.69, 9.17) is 16.2 Å². The fourth-order valence-electron chi connectivity index (χ4n) is 1.66. The lowest BCUT2D eigenvalue weighted by Crippen LogP contribution is -2.21. The molecule has 0 saturated carbocycles. The van der Waals surface area contributed by atoms with Crippen molar-refractivity contribution in [2.24, 2.45) is 5.73 Å². The van der Waals surface area contributed by atoms with Crippen LogP contribution in [0.25, 0.3) is 0 Å². The van der Waals surface area contributed by atoms with Crippen molar-refractivity contribution in [3.63, 3.8) is 0 Å². The molecule has 0 bridgehead atoms. The first-order chi connectivity index (χ1) is 7.11. The lowest BCUT2D eigenvalue weighted by molar-refractivity contribution is -0.384. The summed E-state index contributed by atoms with van der Waals surface area (Å²) in [6.45, 7) is 0.444. The van der Waals surface area contributed by atoms with Crippen LogP contribution in [0, 0.1) is 10.1 Å². The van der Waals surface area contributed by atoms with Gasteiger partial charge in [-0.1, -0.05) is 0 Å². The van der Waals surface area contributed by atoms with E-state index in [-0.39, 0.29) is 17.4 Å². The van der Waals surface area contributed by atoms with Crippen molar-refractivity contribution in [1.82, 2.24) is 0 Å². The lowest BCUT2D eigenvalue weighted by atomic mass is 10.00. The largest absolute Gasteiger partial charge is 0.491 e. The van der Waals surface area contributed by atoms with Gasteiger partial charge in [-0.2, -0.15) is 0 Å². The molecule has 6 heteroatoms. The van der Waals surface area contributed by atoms with Crippen molar-refractivity contribution in [1.29, 1.82) is 0 Å². The molecule has 4 N–H and O–H groups in total. The maximum atomic E-state index is 10.6. The topological polar surface area (TPSA) is 104 Å². The van der Waals surface area contributed by atoms with Crippen LogP contribution < -0.4 is 16.2 Å². The van der Waals surface area contributed by atoms with Gasteiger partial charge in [-0.3, -0.25) is 10.1 Å². The van der Waals surface area contributed by atoms with Crippen LogP contribution in [0.1, 0.15) is 18.0 Å². The molecule has 6 nitrogen and oxygen atoms in total. The number of ether oxygens (including phenoxy) is 1. The molecule has 0 aliphatic carbocycles. The van der Waals surface area contributed by atoms with Crippen molar-refractivity contribution < 1.29 is 9.66 Å². The van der Waals surface area contributed by atoms with Crippen molar-refractivity contribution in [2.45, 2.75) is 12.5 Å². The van der Waals surface area contributed by atoms with Crippen LogP contribution in [0.2, 0.25) is 0 Å². The number of hydrogen-bond acceptors (Lipinski definition) is 5. The highest BCUT2D eigenvalue weighted by atomic mass is 16.6. The third-order valence-corrected chi connectivity index (χ3v) is 2.47. The number of nitrogen functional groups attached to an aromatic ring is 1. The summed E-state index contributed by atoms with van der Waals surface area (Å²) in [5.74, 6) is 0.364. The average Bonchev–Trinajstić information content (AvgIpc) is 2.19. The summed E-state index contributed by atoms with van der Waals surface area (Å²) in [6.07, 6.45) is 0.699. The van der Waals surface area contributed by atoms with Gasteiger partial charge in [0.15, 0.2) is 11.4 Å². The number of nitro benzene ring substituents is 1. The molecule has 0 saturated heterocycles. The summed E-state index contributed by atoms with van der Waals surface area (Å²) in [4.78, 5) is 10.1. The van der Waals surface area contributed by atoms with Crippen molar-refractivity contribution in [2.75, 3.05) is 12.3 Å². The first kappa shape index (κ1) is 9.72. The Labute approximate surface area is 86.0 Å². The standard InChI is InChI=1S/C9H11N3O3/c10-6-3-4-15-9-5(6)1-2-7(8(9)11)12(13)14/h1-2,6H,3-4,10-11H2/t6-/m0/s1. The van der Waals surface area contributed by atoms with E-state index >= 15 is 0 Å². The molecule has 1 heterocycles. The predicted molar refractivity (Wildman–Crippen MR) is 54.5 cm³/mol. The molecule has 15 heavy (non-hydrogen) atoms. The normalized spacial score (nSPS) is 19.1. The summed E-state index contributed by atoms with van der Waals surface area (Å²) in [7, 11) is 0. The molecule has 0 spiro atoms. The minimum Gasteiger partial charge on any atom is -0.491 e. The average molecular weight is 209 g/mol. The van der Waals surface area contributed by atoms with E-state index in [2.05, 4.69) is 0 Å². The summed E-state index contributed by atoms with van der Waals surface area (Å²) in [6, 6.07) is 2.81. The highest BCUT2D eigenvalue weighted by Crippen LogP contribution is 2.40. The smallest absolute Gasteiger partial charge is 0.295 e. The second kappa shape index (κ2) is 3.39. The van der Waals surface area contributed by atoms with E-state index in [0.717, 1.165) is 5.56 Å². The van der Waals surface area contributed by atoms with Gasteiger partial charge in [0.2, 0.25) is 0 Å². The Morgan fingerprint density at radius 3 is 2.93 bits per heavy atom. The molecule has 1 atom stereocenters. The highest BCUT2D eigenvalue weighted by molar-refractivity contribution is 5.70. The monoisotopic (exact) mass is 209 g/mol. The minimum atomic E-state index is -0.529. The molecular weight excluding hydrogens is 198 g/mol. The molecule has 0 amide bonds. The van der Waals surface area contributed by atoms with Crippen molar-refractivity contribution in [3.8, 4) is 5.75 Å². The number of nitrogens with zero attached hydrogens (tertiary/aromatic N) is 1. The van der Waals surface area contributed by atoms with Gasteiger partial charge in [-0.05, 0) is 6.07 Å². The predicted octanol–water partition coefficient (Wildman–Crippen LogP) is 0.959. The molecule has 0 radical (unpaired) electrons. The third kappa shape index (κ3) is 1.48. The van der Waals surface area contributed by atoms with Crippen LogP contribution in [0.4, 0.5) is 11.4 Å². The Bertz CT molecular complexity index is 419. The van der Waals surface area contributed by atoms with Crippen LogP contribution in [-0.4, -0.2) is 11.5 Å². The van der Waals surface area contributed by atoms with Crippen LogP contribution in [0.15, 0.2) is 12.1 Å².